The molecule has 1 aliphatic rings. The Hall–Kier alpha value is -0.190. The maximum atomic E-state index is 11.6. The smallest absolute Gasteiger partial charge is 0.221 e. The first-order valence-corrected chi connectivity index (χ1v) is 7.97. The van der Waals surface area contributed by atoms with E-state index in [0.717, 1.165) is 22.8 Å². The number of carbonyl (C=O) groups is 1. The van der Waals surface area contributed by atoms with Gasteiger partial charge in [-0.25, -0.2) is 0 Å². The third kappa shape index (κ3) is 3.39. The van der Waals surface area contributed by atoms with Crippen LogP contribution in [0.2, 0.25) is 5.02 Å². The minimum Gasteiger partial charge on any atom is -0.349 e. The largest absolute Gasteiger partial charge is 0.349 e. The molecule has 17 heavy (non-hydrogen) atoms. The predicted octanol–water partition coefficient (Wildman–Crippen LogP) is 3.78. The summed E-state index contributed by atoms with van der Waals surface area (Å²) in [4.78, 5) is 12.9. The zero-order chi connectivity index (χ0) is 12.3. The highest BCUT2D eigenvalue weighted by atomic mass is 79.9. The van der Waals surface area contributed by atoms with Crippen LogP contribution in [0.25, 0.3) is 0 Å². The van der Waals surface area contributed by atoms with Gasteiger partial charge in [0.25, 0.3) is 0 Å². The Morgan fingerprint density at radius 2 is 2.41 bits per heavy atom. The molecular formula is C12H13BrClNOS. The number of halogens is 2. The molecule has 0 spiro atoms. The van der Waals surface area contributed by atoms with E-state index >= 15 is 0 Å². The SMILES string of the molecule is O=C(CCBr)NC1CCSc2ccc(Cl)cc21. The van der Waals surface area contributed by atoms with E-state index in [2.05, 4.69) is 21.2 Å². The van der Waals surface area contributed by atoms with E-state index in [1.807, 2.05) is 30.0 Å². The molecular weight excluding hydrogens is 322 g/mol. The van der Waals surface area contributed by atoms with Crippen molar-refractivity contribution in [2.75, 3.05) is 11.1 Å². The van der Waals surface area contributed by atoms with E-state index < -0.39 is 0 Å². The van der Waals surface area contributed by atoms with Gasteiger partial charge < -0.3 is 5.32 Å². The molecule has 2 rings (SSSR count). The van der Waals surface area contributed by atoms with Crippen molar-refractivity contribution in [2.24, 2.45) is 0 Å². The van der Waals surface area contributed by atoms with Gasteiger partial charge in [-0.15, -0.1) is 11.8 Å². The molecule has 2 nitrogen and oxygen atoms in total. The Morgan fingerprint density at radius 1 is 1.59 bits per heavy atom. The molecule has 0 radical (unpaired) electrons. The molecule has 1 aromatic rings. The maximum Gasteiger partial charge on any atom is 0.221 e. The number of hydrogen-bond acceptors (Lipinski definition) is 2. The molecule has 0 aromatic heterocycles. The number of fused-ring (bicyclic) bond motifs is 1. The normalized spacial score (nSPS) is 18.6. The summed E-state index contributed by atoms with van der Waals surface area (Å²) in [6.07, 6.45) is 1.48. The van der Waals surface area contributed by atoms with E-state index in [-0.39, 0.29) is 11.9 Å². The summed E-state index contributed by atoms with van der Waals surface area (Å²) in [5.41, 5.74) is 1.15. The highest BCUT2D eigenvalue weighted by Crippen LogP contribution is 2.37. The molecule has 5 heteroatoms. The summed E-state index contributed by atoms with van der Waals surface area (Å²) in [6, 6.07) is 6.00. The second-order valence-corrected chi connectivity index (χ2v) is 6.24. The van der Waals surface area contributed by atoms with Gasteiger partial charge in [-0.05, 0) is 30.2 Å². The van der Waals surface area contributed by atoms with Crippen molar-refractivity contribution in [3.8, 4) is 0 Å². The Balaban J connectivity index is 2.16. The third-order valence-corrected chi connectivity index (χ3v) is 4.42. The average Bonchev–Trinajstić information content (AvgIpc) is 2.30. The van der Waals surface area contributed by atoms with Crippen LogP contribution in [-0.2, 0) is 4.79 Å². The molecule has 0 saturated carbocycles. The zero-order valence-corrected chi connectivity index (χ0v) is 12.4. The third-order valence-electron chi connectivity index (χ3n) is 2.67. The summed E-state index contributed by atoms with van der Waals surface area (Å²) in [6.45, 7) is 0. The predicted molar refractivity (Wildman–Crippen MR) is 76.1 cm³/mol. The summed E-state index contributed by atoms with van der Waals surface area (Å²) in [5.74, 6) is 1.12. The first-order chi connectivity index (χ1) is 8.20. The number of rotatable bonds is 3. The van der Waals surface area contributed by atoms with Gasteiger partial charge in [-0.2, -0.15) is 0 Å². The van der Waals surface area contributed by atoms with Gasteiger partial charge in [0.2, 0.25) is 5.91 Å². The number of alkyl halides is 1. The van der Waals surface area contributed by atoms with E-state index in [4.69, 9.17) is 11.6 Å². The lowest BCUT2D eigenvalue weighted by atomic mass is 10.0. The van der Waals surface area contributed by atoms with Gasteiger partial charge in [-0.3, -0.25) is 4.79 Å². The minimum absolute atomic E-state index is 0.0877. The Kier molecular flexibility index (Phi) is 4.77. The highest BCUT2D eigenvalue weighted by molar-refractivity contribution is 9.09. The molecule has 0 saturated heterocycles. The molecule has 0 fully saturated rings. The second-order valence-electron chi connectivity index (χ2n) is 3.88. The van der Waals surface area contributed by atoms with Crippen LogP contribution in [0.5, 0.6) is 0 Å². The van der Waals surface area contributed by atoms with Crippen molar-refractivity contribution in [2.45, 2.75) is 23.8 Å². The quantitative estimate of drug-likeness (QED) is 0.852. The second kappa shape index (κ2) is 6.12. The van der Waals surface area contributed by atoms with Crippen molar-refractivity contribution in [3.63, 3.8) is 0 Å². The zero-order valence-electron chi connectivity index (χ0n) is 9.21. The molecule has 1 amide bonds. The van der Waals surface area contributed by atoms with Crippen molar-refractivity contribution in [3.05, 3.63) is 28.8 Å². The Labute approximate surface area is 119 Å². The average molecular weight is 335 g/mol. The van der Waals surface area contributed by atoms with E-state index in [0.29, 0.717) is 11.8 Å². The molecule has 0 aliphatic carbocycles. The lowest BCUT2D eigenvalue weighted by molar-refractivity contribution is -0.121. The molecule has 92 valence electrons. The first kappa shape index (κ1) is 13.2. The lowest BCUT2D eigenvalue weighted by Gasteiger charge is -2.26. The highest BCUT2D eigenvalue weighted by Gasteiger charge is 2.22. The molecule has 1 aromatic carbocycles. The number of carbonyl (C=O) groups excluding carboxylic acids is 1. The molecule has 1 atom stereocenters. The van der Waals surface area contributed by atoms with Gasteiger partial charge in [0, 0.05) is 27.4 Å². The topological polar surface area (TPSA) is 29.1 Å². The Bertz CT molecular complexity index is 427. The minimum atomic E-state index is 0.0877. The van der Waals surface area contributed by atoms with Crippen LogP contribution >= 0.6 is 39.3 Å². The maximum absolute atomic E-state index is 11.6. The number of benzene rings is 1. The van der Waals surface area contributed by atoms with Crippen LogP contribution in [0.4, 0.5) is 0 Å². The standard InChI is InChI=1S/C12H13BrClNOS/c13-5-3-12(16)15-10-4-6-17-11-2-1-8(14)7-9(10)11/h1-2,7,10H,3-6H2,(H,15,16). The van der Waals surface area contributed by atoms with Gasteiger partial charge in [0.1, 0.15) is 0 Å². The van der Waals surface area contributed by atoms with Crippen LogP contribution in [0.1, 0.15) is 24.4 Å². The fraction of sp³-hybridized carbons (Fsp3) is 0.417. The van der Waals surface area contributed by atoms with Crippen molar-refractivity contribution < 1.29 is 4.79 Å². The molecule has 0 bridgehead atoms. The van der Waals surface area contributed by atoms with Crippen LogP contribution in [0.15, 0.2) is 23.1 Å². The van der Waals surface area contributed by atoms with Gasteiger partial charge >= 0.3 is 0 Å². The lowest BCUT2D eigenvalue weighted by Crippen LogP contribution is -2.30. The van der Waals surface area contributed by atoms with E-state index in [1.165, 1.54) is 4.90 Å². The van der Waals surface area contributed by atoms with Crippen LogP contribution < -0.4 is 5.32 Å². The summed E-state index contributed by atoms with van der Waals surface area (Å²) < 4.78 is 0. The van der Waals surface area contributed by atoms with Crippen LogP contribution in [0, 0.1) is 0 Å². The van der Waals surface area contributed by atoms with E-state index in [9.17, 15) is 4.79 Å². The van der Waals surface area contributed by atoms with E-state index in [1.54, 1.807) is 0 Å². The Morgan fingerprint density at radius 3 is 3.18 bits per heavy atom. The van der Waals surface area contributed by atoms with Crippen molar-refractivity contribution in [1.29, 1.82) is 0 Å². The van der Waals surface area contributed by atoms with Gasteiger partial charge in [0.05, 0.1) is 6.04 Å². The fourth-order valence-corrected chi connectivity index (χ4v) is 3.51. The molecule has 1 unspecified atom stereocenters. The number of hydrogen-bond donors (Lipinski definition) is 1. The summed E-state index contributed by atoms with van der Waals surface area (Å²) in [5, 5.41) is 4.49. The summed E-state index contributed by atoms with van der Waals surface area (Å²) in [7, 11) is 0. The van der Waals surface area contributed by atoms with Crippen molar-refractivity contribution in [1.82, 2.24) is 5.32 Å². The van der Waals surface area contributed by atoms with Crippen molar-refractivity contribution >= 4 is 45.2 Å². The van der Waals surface area contributed by atoms with Crippen LogP contribution in [-0.4, -0.2) is 17.0 Å². The molecule has 1 aliphatic heterocycles. The number of thioether (sulfide) groups is 1. The molecule has 1 heterocycles. The van der Waals surface area contributed by atoms with Crippen LogP contribution in [0.3, 0.4) is 0 Å². The number of nitrogens with one attached hydrogen (secondary N) is 1. The fourth-order valence-electron chi connectivity index (χ4n) is 1.87. The number of amides is 1. The molecule has 1 N–H and O–H groups in total. The summed E-state index contributed by atoms with van der Waals surface area (Å²) >= 11 is 11.1. The first-order valence-electron chi connectivity index (χ1n) is 5.48. The van der Waals surface area contributed by atoms with Gasteiger partial charge in [0.15, 0.2) is 0 Å². The van der Waals surface area contributed by atoms with Gasteiger partial charge in [-0.1, -0.05) is 27.5 Å². The monoisotopic (exact) mass is 333 g/mol.